The number of amides is 1. The van der Waals surface area contributed by atoms with E-state index in [0.717, 1.165) is 45.5 Å². The Morgan fingerprint density at radius 1 is 1.35 bits per heavy atom. The van der Waals surface area contributed by atoms with E-state index in [1.165, 1.54) is 19.3 Å². The number of piperidine rings is 1. The van der Waals surface area contributed by atoms with Crippen molar-refractivity contribution in [2.45, 2.75) is 44.6 Å². The zero-order valence-corrected chi connectivity index (χ0v) is 10.6. The van der Waals surface area contributed by atoms with Crippen LogP contribution in [0.4, 0.5) is 0 Å². The number of hydrogen-bond donors (Lipinski definition) is 1. The van der Waals surface area contributed by atoms with Crippen LogP contribution in [0, 0.1) is 5.92 Å². The van der Waals surface area contributed by atoms with E-state index >= 15 is 0 Å². The molecule has 0 spiro atoms. The van der Waals surface area contributed by atoms with Crippen molar-refractivity contribution in [1.82, 2.24) is 4.90 Å². The van der Waals surface area contributed by atoms with Gasteiger partial charge in [-0.25, -0.2) is 0 Å². The second-order valence-electron chi connectivity index (χ2n) is 5.32. The third-order valence-electron chi connectivity index (χ3n) is 3.93. The van der Waals surface area contributed by atoms with Crippen molar-refractivity contribution in [3.05, 3.63) is 0 Å². The third kappa shape index (κ3) is 3.96. The second-order valence-corrected chi connectivity index (χ2v) is 5.32. The van der Waals surface area contributed by atoms with E-state index in [1.807, 2.05) is 0 Å². The van der Waals surface area contributed by atoms with Gasteiger partial charge in [-0.3, -0.25) is 4.79 Å². The first kappa shape index (κ1) is 12.8. The molecule has 2 fully saturated rings. The average Bonchev–Trinajstić information content (AvgIpc) is 2.82. The SMILES string of the molecule is NC(=O)[C@@H]1CCCN(CCC[C@@H]2CCCO2)C1. The lowest BCUT2D eigenvalue weighted by atomic mass is 9.97. The quantitative estimate of drug-likeness (QED) is 0.784. The van der Waals surface area contributed by atoms with Crippen molar-refractivity contribution < 1.29 is 9.53 Å². The van der Waals surface area contributed by atoms with Crippen molar-refractivity contribution in [3.8, 4) is 0 Å². The second kappa shape index (κ2) is 6.36. The monoisotopic (exact) mass is 240 g/mol. The smallest absolute Gasteiger partial charge is 0.221 e. The van der Waals surface area contributed by atoms with Crippen molar-refractivity contribution in [2.75, 3.05) is 26.2 Å². The number of carbonyl (C=O) groups excluding carboxylic acids is 1. The first-order valence-electron chi connectivity index (χ1n) is 6.89. The summed E-state index contributed by atoms with van der Waals surface area (Å²) in [5.41, 5.74) is 5.37. The molecule has 2 rings (SSSR count). The van der Waals surface area contributed by atoms with Gasteiger partial charge in [-0.15, -0.1) is 0 Å². The fourth-order valence-electron chi connectivity index (χ4n) is 2.91. The summed E-state index contributed by atoms with van der Waals surface area (Å²) in [5, 5.41) is 0. The van der Waals surface area contributed by atoms with E-state index in [2.05, 4.69) is 4.90 Å². The summed E-state index contributed by atoms with van der Waals surface area (Å²) in [7, 11) is 0. The third-order valence-corrected chi connectivity index (χ3v) is 3.93. The Bertz CT molecular complexity index is 252. The summed E-state index contributed by atoms with van der Waals surface area (Å²) in [4.78, 5) is 13.5. The predicted molar refractivity (Wildman–Crippen MR) is 66.6 cm³/mol. The zero-order valence-electron chi connectivity index (χ0n) is 10.6. The highest BCUT2D eigenvalue weighted by Gasteiger charge is 2.24. The van der Waals surface area contributed by atoms with E-state index in [4.69, 9.17) is 10.5 Å². The molecule has 0 aliphatic carbocycles. The van der Waals surface area contributed by atoms with E-state index < -0.39 is 0 Å². The highest BCUT2D eigenvalue weighted by molar-refractivity contribution is 5.76. The van der Waals surface area contributed by atoms with Gasteiger partial charge >= 0.3 is 0 Å². The Balaban J connectivity index is 1.62. The van der Waals surface area contributed by atoms with E-state index in [-0.39, 0.29) is 11.8 Å². The number of nitrogens with zero attached hydrogens (tertiary/aromatic N) is 1. The van der Waals surface area contributed by atoms with Crippen molar-refractivity contribution in [2.24, 2.45) is 11.7 Å². The van der Waals surface area contributed by atoms with Gasteiger partial charge in [0.05, 0.1) is 12.0 Å². The van der Waals surface area contributed by atoms with Crippen molar-refractivity contribution >= 4 is 5.91 Å². The van der Waals surface area contributed by atoms with Crippen LogP contribution in [-0.4, -0.2) is 43.2 Å². The van der Waals surface area contributed by atoms with Crippen LogP contribution in [0.2, 0.25) is 0 Å². The van der Waals surface area contributed by atoms with Crippen LogP contribution < -0.4 is 5.73 Å². The number of primary amides is 1. The Labute approximate surface area is 103 Å². The number of rotatable bonds is 5. The molecule has 0 aromatic heterocycles. The lowest BCUT2D eigenvalue weighted by Crippen LogP contribution is -2.41. The average molecular weight is 240 g/mol. The Hall–Kier alpha value is -0.610. The standard InChI is InChI=1S/C13H24N2O2/c14-13(16)11-4-1-7-15(10-11)8-2-5-12-6-3-9-17-12/h11-12H,1-10H2,(H2,14,16)/t11-,12-/m1/s1. The highest BCUT2D eigenvalue weighted by Crippen LogP contribution is 2.19. The summed E-state index contributed by atoms with van der Waals surface area (Å²) >= 11 is 0. The molecular weight excluding hydrogens is 216 g/mol. The molecule has 2 N–H and O–H groups in total. The molecule has 0 aromatic rings. The van der Waals surface area contributed by atoms with E-state index in [0.29, 0.717) is 6.10 Å². The number of nitrogens with two attached hydrogens (primary N) is 1. The predicted octanol–water partition coefficient (Wildman–Crippen LogP) is 1.14. The summed E-state index contributed by atoms with van der Waals surface area (Å²) in [6.07, 6.45) is 7.35. The topological polar surface area (TPSA) is 55.6 Å². The number of hydrogen-bond acceptors (Lipinski definition) is 3. The molecule has 0 saturated carbocycles. The van der Waals surface area contributed by atoms with Gasteiger partial charge < -0.3 is 15.4 Å². The number of carbonyl (C=O) groups is 1. The molecule has 98 valence electrons. The first-order valence-corrected chi connectivity index (χ1v) is 6.89. The number of likely N-dealkylation sites (tertiary alicyclic amines) is 1. The molecule has 2 heterocycles. The maximum atomic E-state index is 11.2. The first-order chi connectivity index (χ1) is 8.25. The molecule has 17 heavy (non-hydrogen) atoms. The molecule has 2 saturated heterocycles. The van der Waals surface area contributed by atoms with Crippen LogP contribution in [0.5, 0.6) is 0 Å². The normalized spacial score (nSPS) is 30.6. The molecule has 2 aliphatic heterocycles. The van der Waals surface area contributed by atoms with Crippen LogP contribution in [0.25, 0.3) is 0 Å². The van der Waals surface area contributed by atoms with Crippen molar-refractivity contribution in [3.63, 3.8) is 0 Å². The molecule has 0 unspecified atom stereocenters. The largest absolute Gasteiger partial charge is 0.378 e. The molecule has 0 aromatic carbocycles. The maximum absolute atomic E-state index is 11.2. The van der Waals surface area contributed by atoms with Crippen LogP contribution in [0.1, 0.15) is 38.5 Å². The molecule has 1 amide bonds. The molecular formula is C13H24N2O2. The minimum Gasteiger partial charge on any atom is -0.378 e. The van der Waals surface area contributed by atoms with Gasteiger partial charge in [0.1, 0.15) is 0 Å². The van der Waals surface area contributed by atoms with Crippen LogP contribution >= 0.6 is 0 Å². The Morgan fingerprint density at radius 3 is 2.94 bits per heavy atom. The lowest BCUT2D eigenvalue weighted by molar-refractivity contribution is -0.123. The van der Waals surface area contributed by atoms with Gasteiger partial charge in [0.2, 0.25) is 5.91 Å². The van der Waals surface area contributed by atoms with Gasteiger partial charge in [0.25, 0.3) is 0 Å². The maximum Gasteiger partial charge on any atom is 0.221 e. The Morgan fingerprint density at radius 2 is 2.24 bits per heavy atom. The molecule has 4 nitrogen and oxygen atoms in total. The molecule has 4 heteroatoms. The van der Waals surface area contributed by atoms with Gasteiger partial charge in [-0.2, -0.15) is 0 Å². The molecule has 2 atom stereocenters. The van der Waals surface area contributed by atoms with Crippen LogP contribution in [0.15, 0.2) is 0 Å². The lowest BCUT2D eigenvalue weighted by Gasteiger charge is -2.31. The van der Waals surface area contributed by atoms with Gasteiger partial charge in [-0.1, -0.05) is 0 Å². The number of ether oxygens (including phenoxy) is 1. The molecule has 0 bridgehead atoms. The fourth-order valence-corrected chi connectivity index (χ4v) is 2.91. The van der Waals surface area contributed by atoms with Crippen LogP contribution in [-0.2, 0) is 9.53 Å². The molecule has 2 aliphatic rings. The van der Waals surface area contributed by atoms with Gasteiger partial charge in [0, 0.05) is 13.2 Å². The van der Waals surface area contributed by atoms with Crippen molar-refractivity contribution in [1.29, 1.82) is 0 Å². The fraction of sp³-hybridized carbons (Fsp3) is 0.923. The highest BCUT2D eigenvalue weighted by atomic mass is 16.5. The summed E-state index contributed by atoms with van der Waals surface area (Å²) in [6, 6.07) is 0. The van der Waals surface area contributed by atoms with Gasteiger partial charge in [-0.05, 0) is 51.6 Å². The minimum absolute atomic E-state index is 0.0754. The van der Waals surface area contributed by atoms with Gasteiger partial charge in [0.15, 0.2) is 0 Å². The van der Waals surface area contributed by atoms with E-state index in [1.54, 1.807) is 0 Å². The Kier molecular flexibility index (Phi) is 4.80. The van der Waals surface area contributed by atoms with E-state index in [9.17, 15) is 4.79 Å². The summed E-state index contributed by atoms with van der Waals surface area (Å²) in [6.45, 7) is 4.01. The minimum atomic E-state index is -0.131. The van der Waals surface area contributed by atoms with Crippen LogP contribution in [0.3, 0.4) is 0 Å². The summed E-state index contributed by atoms with van der Waals surface area (Å²) < 4.78 is 5.61. The zero-order chi connectivity index (χ0) is 12.1. The molecule has 0 radical (unpaired) electrons. The summed E-state index contributed by atoms with van der Waals surface area (Å²) in [5.74, 6) is -0.0553.